The number of halogens is 1. The summed E-state index contributed by atoms with van der Waals surface area (Å²) < 4.78 is 14.7. The van der Waals surface area contributed by atoms with E-state index in [9.17, 15) is 9.50 Å². The maximum absolute atomic E-state index is 13.3. The lowest BCUT2D eigenvalue weighted by Gasteiger charge is -2.11. The van der Waals surface area contributed by atoms with E-state index < -0.39 is 0 Å². The molecule has 4 nitrogen and oxygen atoms in total. The Hall–Kier alpha value is -2.43. The molecule has 0 aliphatic carbocycles. The number of aromatic hydroxyl groups is 1. The molecule has 3 rings (SSSR count). The topological polar surface area (TPSA) is 50.4 Å². The number of hydrogen-bond acceptors (Lipinski definition) is 3. The lowest BCUT2D eigenvalue weighted by molar-refractivity contribution is 0.427. The van der Waals surface area contributed by atoms with Gasteiger partial charge in [0.2, 0.25) is 5.88 Å². The number of benzene rings is 1. The van der Waals surface area contributed by atoms with Gasteiger partial charge in [0.15, 0.2) is 5.65 Å². The van der Waals surface area contributed by atoms with E-state index in [1.807, 2.05) is 13.0 Å². The molecule has 3 aromatic rings. The van der Waals surface area contributed by atoms with Crippen LogP contribution in [0.2, 0.25) is 0 Å². The van der Waals surface area contributed by atoms with Crippen LogP contribution in [0.5, 0.6) is 5.88 Å². The van der Waals surface area contributed by atoms with Crippen LogP contribution in [0, 0.1) is 5.82 Å². The van der Waals surface area contributed by atoms with Crippen molar-refractivity contribution in [2.75, 3.05) is 0 Å². The molecule has 0 amide bonds. The van der Waals surface area contributed by atoms with Gasteiger partial charge in [-0.25, -0.2) is 9.37 Å². The van der Waals surface area contributed by atoms with Crippen LogP contribution in [0.15, 0.2) is 36.5 Å². The van der Waals surface area contributed by atoms with E-state index in [0.717, 1.165) is 11.3 Å². The first-order valence-corrected chi connectivity index (χ1v) is 6.48. The van der Waals surface area contributed by atoms with E-state index in [1.165, 1.54) is 16.6 Å². The van der Waals surface area contributed by atoms with Crippen molar-refractivity contribution in [3.63, 3.8) is 0 Å². The van der Waals surface area contributed by atoms with Crippen molar-refractivity contribution >= 4 is 5.65 Å². The van der Waals surface area contributed by atoms with Crippen LogP contribution in [0.4, 0.5) is 4.39 Å². The zero-order valence-corrected chi connectivity index (χ0v) is 11.0. The molecule has 0 atom stereocenters. The average molecular weight is 271 g/mol. The molecule has 2 heterocycles. The number of hydrogen-bond donors (Lipinski definition) is 1. The summed E-state index contributed by atoms with van der Waals surface area (Å²) in [6.07, 6.45) is 2.71. The Kier molecular flexibility index (Phi) is 3.10. The van der Waals surface area contributed by atoms with Gasteiger partial charge in [0.1, 0.15) is 5.82 Å². The zero-order chi connectivity index (χ0) is 14.1. The van der Waals surface area contributed by atoms with E-state index in [4.69, 9.17) is 0 Å². The molecule has 20 heavy (non-hydrogen) atoms. The summed E-state index contributed by atoms with van der Waals surface area (Å²) in [7, 11) is 0. The average Bonchev–Trinajstić information content (AvgIpc) is 2.90. The van der Waals surface area contributed by atoms with Gasteiger partial charge in [0.05, 0.1) is 11.9 Å². The second kappa shape index (κ2) is 4.92. The third-order valence-corrected chi connectivity index (χ3v) is 3.30. The molecule has 0 radical (unpaired) electrons. The summed E-state index contributed by atoms with van der Waals surface area (Å²) >= 11 is 0. The van der Waals surface area contributed by atoms with Crippen molar-refractivity contribution in [3.8, 4) is 5.88 Å². The fraction of sp³-hybridized carbons (Fsp3) is 0.200. The highest BCUT2D eigenvalue weighted by Crippen LogP contribution is 2.24. The van der Waals surface area contributed by atoms with Gasteiger partial charge < -0.3 is 5.11 Å². The van der Waals surface area contributed by atoms with Gasteiger partial charge in [-0.1, -0.05) is 19.1 Å². The first kappa shape index (κ1) is 12.6. The molecule has 0 bridgehead atoms. The van der Waals surface area contributed by atoms with Gasteiger partial charge >= 0.3 is 0 Å². The van der Waals surface area contributed by atoms with Gasteiger partial charge in [-0.15, -0.1) is 0 Å². The lowest BCUT2D eigenvalue weighted by Crippen LogP contribution is -2.04. The predicted octanol–water partition coefficient (Wildman–Crippen LogP) is 2.73. The maximum Gasteiger partial charge on any atom is 0.219 e. The van der Waals surface area contributed by atoms with Crippen LogP contribution in [-0.4, -0.2) is 19.7 Å². The zero-order valence-electron chi connectivity index (χ0n) is 11.0. The molecule has 0 aliphatic heterocycles. The van der Waals surface area contributed by atoms with Crippen molar-refractivity contribution in [1.29, 1.82) is 0 Å². The summed E-state index contributed by atoms with van der Waals surface area (Å²) in [5.74, 6) is -0.214. The molecule has 1 N–H and O–H groups in total. The molecule has 102 valence electrons. The largest absolute Gasteiger partial charge is 0.493 e. The number of nitrogens with zero attached hydrogens (tertiary/aromatic N) is 3. The van der Waals surface area contributed by atoms with Crippen LogP contribution in [0.3, 0.4) is 0 Å². The Morgan fingerprint density at radius 3 is 2.90 bits per heavy atom. The molecule has 0 saturated heterocycles. The van der Waals surface area contributed by atoms with Crippen molar-refractivity contribution in [2.45, 2.75) is 19.8 Å². The molecule has 2 aromatic heterocycles. The van der Waals surface area contributed by atoms with Crippen molar-refractivity contribution in [2.24, 2.45) is 0 Å². The highest BCUT2D eigenvalue weighted by molar-refractivity contribution is 5.46. The van der Waals surface area contributed by atoms with Crippen LogP contribution < -0.4 is 0 Å². The van der Waals surface area contributed by atoms with E-state index in [0.29, 0.717) is 24.1 Å². The normalized spacial score (nSPS) is 11.1. The fourth-order valence-corrected chi connectivity index (χ4v) is 2.33. The minimum atomic E-state index is -0.284. The summed E-state index contributed by atoms with van der Waals surface area (Å²) in [4.78, 5) is 4.48. The van der Waals surface area contributed by atoms with Gasteiger partial charge in [0, 0.05) is 18.1 Å². The van der Waals surface area contributed by atoms with Crippen molar-refractivity contribution in [3.05, 3.63) is 59.2 Å². The highest BCUT2D eigenvalue weighted by Gasteiger charge is 2.14. The Morgan fingerprint density at radius 2 is 2.15 bits per heavy atom. The molecule has 0 fully saturated rings. The molecule has 0 unspecified atom stereocenters. The summed E-state index contributed by atoms with van der Waals surface area (Å²) in [6.45, 7) is 1.98. The van der Waals surface area contributed by atoms with Crippen LogP contribution in [-0.2, 0) is 12.8 Å². The third-order valence-electron chi connectivity index (χ3n) is 3.30. The third kappa shape index (κ3) is 2.11. The molecule has 0 aliphatic rings. The van der Waals surface area contributed by atoms with Gasteiger partial charge in [-0.05, 0) is 24.1 Å². The first-order chi connectivity index (χ1) is 9.69. The first-order valence-electron chi connectivity index (χ1n) is 6.48. The quantitative estimate of drug-likeness (QED) is 0.797. The summed E-state index contributed by atoms with van der Waals surface area (Å²) in [6, 6.07) is 8.10. The van der Waals surface area contributed by atoms with Crippen LogP contribution in [0.25, 0.3) is 5.65 Å². The minimum Gasteiger partial charge on any atom is -0.493 e. The smallest absolute Gasteiger partial charge is 0.219 e. The van der Waals surface area contributed by atoms with Crippen molar-refractivity contribution in [1.82, 2.24) is 14.6 Å². The maximum atomic E-state index is 13.3. The molecule has 0 spiro atoms. The van der Waals surface area contributed by atoms with E-state index in [-0.39, 0.29) is 11.7 Å². The Bertz CT molecular complexity index is 767. The standard InChI is InChI=1S/C15H14FN3O/c1-2-13-12(9-10-4-3-5-11(16)8-10)15(20)19-14(18-13)6-7-17-19/h3-8,20H,2,9H2,1H3. The van der Waals surface area contributed by atoms with Crippen molar-refractivity contribution < 1.29 is 9.50 Å². The van der Waals surface area contributed by atoms with E-state index in [1.54, 1.807) is 18.3 Å². The number of aromatic nitrogens is 3. The monoisotopic (exact) mass is 271 g/mol. The Balaban J connectivity index is 2.12. The number of fused-ring (bicyclic) bond motifs is 1. The second-order valence-corrected chi connectivity index (χ2v) is 4.62. The SMILES string of the molecule is CCc1nc2ccnn2c(O)c1Cc1cccc(F)c1. The highest BCUT2D eigenvalue weighted by atomic mass is 19.1. The van der Waals surface area contributed by atoms with E-state index in [2.05, 4.69) is 10.1 Å². The summed E-state index contributed by atoms with van der Waals surface area (Å²) in [5.41, 5.74) is 2.90. The summed E-state index contributed by atoms with van der Waals surface area (Å²) in [5, 5.41) is 14.4. The molecular formula is C15H14FN3O. The predicted molar refractivity (Wildman–Crippen MR) is 73.2 cm³/mol. The molecule has 5 heteroatoms. The number of aryl methyl sites for hydroxylation is 1. The molecular weight excluding hydrogens is 257 g/mol. The molecule has 1 aromatic carbocycles. The minimum absolute atomic E-state index is 0.0705. The van der Waals surface area contributed by atoms with Gasteiger partial charge in [-0.3, -0.25) is 0 Å². The lowest BCUT2D eigenvalue weighted by atomic mass is 10.0. The Morgan fingerprint density at radius 1 is 1.30 bits per heavy atom. The molecule has 0 saturated carbocycles. The fourth-order valence-electron chi connectivity index (χ4n) is 2.33. The number of rotatable bonds is 3. The van der Waals surface area contributed by atoms with E-state index >= 15 is 0 Å². The van der Waals surface area contributed by atoms with Gasteiger partial charge in [-0.2, -0.15) is 9.61 Å². The van der Waals surface area contributed by atoms with Crippen LogP contribution in [0.1, 0.15) is 23.7 Å². The van der Waals surface area contributed by atoms with Crippen LogP contribution >= 0.6 is 0 Å². The Labute approximate surface area is 115 Å². The van der Waals surface area contributed by atoms with Gasteiger partial charge in [0.25, 0.3) is 0 Å². The second-order valence-electron chi connectivity index (χ2n) is 4.62.